The summed E-state index contributed by atoms with van der Waals surface area (Å²) in [5, 5.41) is 0. The molecule has 0 amide bonds. The van der Waals surface area contributed by atoms with E-state index in [1.807, 2.05) is 19.1 Å². The Hall–Kier alpha value is -1.21. The standard InChI is InChI=1S/C19H28N2O3S/c1-15-5-4-6-19(13-15)25(22,23)20(2)16-7-8-17(14-16)21-11-9-18(24-3)10-12-21/h4-8,13,16-18H,9-12,14H2,1-3H3. The number of benzene rings is 1. The van der Waals surface area contributed by atoms with Gasteiger partial charge in [0.05, 0.1) is 11.0 Å². The van der Waals surface area contributed by atoms with E-state index < -0.39 is 10.0 Å². The SMILES string of the molecule is COC1CCN(C2C=CC(N(C)S(=O)(=O)c3cccc(C)c3)C2)CC1. The smallest absolute Gasteiger partial charge is 0.243 e. The van der Waals surface area contributed by atoms with Crippen molar-refractivity contribution >= 4 is 10.0 Å². The zero-order chi connectivity index (χ0) is 18.0. The highest BCUT2D eigenvalue weighted by Crippen LogP contribution is 2.27. The van der Waals surface area contributed by atoms with Crippen molar-refractivity contribution in [3.63, 3.8) is 0 Å². The average Bonchev–Trinajstić information content (AvgIpc) is 3.11. The summed E-state index contributed by atoms with van der Waals surface area (Å²) < 4.78 is 32.7. The van der Waals surface area contributed by atoms with Crippen LogP contribution in [0.2, 0.25) is 0 Å². The summed E-state index contributed by atoms with van der Waals surface area (Å²) in [6, 6.07) is 7.34. The molecule has 1 aliphatic heterocycles. The number of hydrogen-bond donors (Lipinski definition) is 0. The maximum atomic E-state index is 12.9. The van der Waals surface area contributed by atoms with Crippen LogP contribution in [0.5, 0.6) is 0 Å². The summed E-state index contributed by atoms with van der Waals surface area (Å²) in [6.45, 7) is 3.93. The topological polar surface area (TPSA) is 49.9 Å². The average molecular weight is 365 g/mol. The zero-order valence-corrected chi connectivity index (χ0v) is 16.1. The number of methoxy groups -OCH3 is 1. The molecule has 1 aromatic carbocycles. The summed E-state index contributed by atoms with van der Waals surface area (Å²) in [5.41, 5.74) is 0.954. The van der Waals surface area contributed by atoms with Crippen molar-refractivity contribution in [3.05, 3.63) is 42.0 Å². The van der Waals surface area contributed by atoms with Crippen LogP contribution in [-0.4, -0.2) is 63.1 Å². The quantitative estimate of drug-likeness (QED) is 0.753. The molecule has 2 atom stereocenters. The van der Waals surface area contributed by atoms with Crippen molar-refractivity contribution in [2.24, 2.45) is 0 Å². The fraction of sp³-hybridized carbons (Fsp3) is 0.579. The van der Waals surface area contributed by atoms with Crippen molar-refractivity contribution in [2.45, 2.75) is 49.3 Å². The third-order valence-corrected chi connectivity index (χ3v) is 7.33. The minimum atomic E-state index is -3.47. The van der Waals surface area contributed by atoms with Crippen LogP contribution in [0.4, 0.5) is 0 Å². The van der Waals surface area contributed by atoms with E-state index in [0.717, 1.165) is 37.9 Å². The van der Waals surface area contributed by atoms with Gasteiger partial charge in [0.1, 0.15) is 0 Å². The van der Waals surface area contributed by atoms with E-state index in [0.29, 0.717) is 17.0 Å². The minimum absolute atomic E-state index is 0.0874. The van der Waals surface area contributed by atoms with Crippen LogP contribution in [0.25, 0.3) is 0 Å². The number of aryl methyl sites for hydroxylation is 1. The Morgan fingerprint density at radius 3 is 2.56 bits per heavy atom. The Balaban J connectivity index is 1.65. The molecule has 0 spiro atoms. The number of likely N-dealkylation sites (N-methyl/N-ethyl adjacent to an activating group) is 1. The number of ether oxygens (including phenoxy) is 1. The van der Waals surface area contributed by atoms with Crippen LogP contribution >= 0.6 is 0 Å². The van der Waals surface area contributed by atoms with Gasteiger partial charge in [0.15, 0.2) is 0 Å². The lowest BCUT2D eigenvalue weighted by Gasteiger charge is -2.35. The summed E-state index contributed by atoms with van der Waals surface area (Å²) in [7, 11) is -0.00676. The molecule has 1 aliphatic carbocycles. The van der Waals surface area contributed by atoms with Gasteiger partial charge in [-0.3, -0.25) is 4.90 Å². The van der Waals surface area contributed by atoms with Crippen molar-refractivity contribution in [1.82, 2.24) is 9.21 Å². The van der Waals surface area contributed by atoms with Gasteiger partial charge >= 0.3 is 0 Å². The van der Waals surface area contributed by atoms with E-state index >= 15 is 0 Å². The lowest BCUT2D eigenvalue weighted by atomic mass is 10.0. The molecule has 25 heavy (non-hydrogen) atoms. The van der Waals surface area contributed by atoms with Crippen LogP contribution in [0.15, 0.2) is 41.3 Å². The maximum Gasteiger partial charge on any atom is 0.243 e. The first-order valence-corrected chi connectivity index (χ1v) is 10.4. The number of sulfonamides is 1. The van der Waals surface area contributed by atoms with Gasteiger partial charge in [0.2, 0.25) is 10.0 Å². The fourth-order valence-corrected chi connectivity index (χ4v) is 5.20. The molecule has 0 bridgehead atoms. The minimum Gasteiger partial charge on any atom is -0.381 e. The van der Waals surface area contributed by atoms with Gasteiger partial charge in [-0.05, 0) is 43.9 Å². The summed E-state index contributed by atoms with van der Waals surface area (Å²) >= 11 is 0. The molecule has 5 nitrogen and oxygen atoms in total. The molecular weight excluding hydrogens is 336 g/mol. The van der Waals surface area contributed by atoms with Gasteiger partial charge in [-0.25, -0.2) is 8.42 Å². The molecule has 0 aromatic heterocycles. The molecule has 1 heterocycles. The van der Waals surface area contributed by atoms with E-state index in [4.69, 9.17) is 4.74 Å². The molecule has 6 heteroatoms. The molecule has 138 valence electrons. The molecule has 2 aliphatic rings. The van der Waals surface area contributed by atoms with Crippen LogP contribution < -0.4 is 0 Å². The number of hydrogen-bond acceptors (Lipinski definition) is 4. The zero-order valence-electron chi connectivity index (χ0n) is 15.3. The number of likely N-dealkylation sites (tertiary alicyclic amines) is 1. The third kappa shape index (κ3) is 3.97. The molecular formula is C19H28N2O3S. The lowest BCUT2D eigenvalue weighted by Crippen LogP contribution is -2.43. The van der Waals surface area contributed by atoms with E-state index in [-0.39, 0.29) is 6.04 Å². The summed E-state index contributed by atoms with van der Waals surface area (Å²) in [6.07, 6.45) is 7.48. The Labute approximate surface area is 151 Å². The highest BCUT2D eigenvalue weighted by Gasteiger charge is 2.34. The number of rotatable bonds is 5. The normalized spacial score (nSPS) is 25.8. The highest BCUT2D eigenvalue weighted by atomic mass is 32.2. The van der Waals surface area contributed by atoms with Gasteiger partial charge in [-0.2, -0.15) is 4.31 Å². The monoisotopic (exact) mass is 364 g/mol. The fourth-order valence-electron chi connectivity index (χ4n) is 3.76. The predicted octanol–water partition coefficient (Wildman–Crippen LogP) is 2.42. The van der Waals surface area contributed by atoms with Crippen LogP contribution in [0, 0.1) is 6.92 Å². The highest BCUT2D eigenvalue weighted by molar-refractivity contribution is 7.89. The molecule has 1 fully saturated rings. The molecule has 0 N–H and O–H groups in total. The van der Waals surface area contributed by atoms with E-state index in [9.17, 15) is 8.42 Å². The van der Waals surface area contributed by atoms with E-state index in [1.165, 1.54) is 4.31 Å². The van der Waals surface area contributed by atoms with Crippen molar-refractivity contribution in [2.75, 3.05) is 27.2 Å². The second-order valence-electron chi connectivity index (χ2n) is 7.06. The first kappa shape index (κ1) is 18.6. The second kappa shape index (κ2) is 7.58. The lowest BCUT2D eigenvalue weighted by molar-refractivity contribution is 0.0324. The summed E-state index contributed by atoms with van der Waals surface area (Å²) in [5.74, 6) is 0. The van der Waals surface area contributed by atoms with Crippen molar-refractivity contribution in [3.8, 4) is 0 Å². The molecule has 3 rings (SSSR count). The molecule has 2 unspecified atom stereocenters. The molecule has 1 saturated heterocycles. The number of nitrogens with zero attached hydrogens (tertiary/aromatic N) is 2. The molecule has 0 radical (unpaired) electrons. The van der Waals surface area contributed by atoms with Gasteiger partial charge in [-0.1, -0.05) is 24.3 Å². The summed E-state index contributed by atoms with van der Waals surface area (Å²) in [4.78, 5) is 2.81. The van der Waals surface area contributed by atoms with Gasteiger partial charge in [-0.15, -0.1) is 0 Å². The van der Waals surface area contributed by atoms with Gasteiger partial charge < -0.3 is 4.74 Å². The first-order chi connectivity index (χ1) is 11.9. The second-order valence-corrected chi connectivity index (χ2v) is 9.06. The third-order valence-electron chi connectivity index (χ3n) is 5.45. The van der Waals surface area contributed by atoms with Gasteiger partial charge in [0, 0.05) is 39.3 Å². The Bertz CT molecular complexity index is 724. The van der Waals surface area contributed by atoms with Crippen LogP contribution in [0.1, 0.15) is 24.8 Å². The maximum absolute atomic E-state index is 12.9. The van der Waals surface area contributed by atoms with Crippen molar-refractivity contribution < 1.29 is 13.2 Å². The van der Waals surface area contributed by atoms with Gasteiger partial charge in [0.25, 0.3) is 0 Å². The van der Waals surface area contributed by atoms with E-state index in [1.54, 1.807) is 32.4 Å². The Morgan fingerprint density at radius 2 is 1.92 bits per heavy atom. The Kier molecular flexibility index (Phi) is 5.63. The van der Waals surface area contributed by atoms with E-state index in [2.05, 4.69) is 11.0 Å². The van der Waals surface area contributed by atoms with Crippen LogP contribution in [0.3, 0.4) is 0 Å². The molecule has 1 aromatic rings. The predicted molar refractivity (Wildman–Crippen MR) is 99.1 cm³/mol. The number of piperidine rings is 1. The van der Waals surface area contributed by atoms with Crippen molar-refractivity contribution in [1.29, 1.82) is 0 Å². The largest absolute Gasteiger partial charge is 0.381 e. The molecule has 0 saturated carbocycles. The van der Waals surface area contributed by atoms with Crippen LogP contribution in [-0.2, 0) is 14.8 Å². The Morgan fingerprint density at radius 1 is 1.20 bits per heavy atom. The first-order valence-electron chi connectivity index (χ1n) is 8.91.